The van der Waals surface area contributed by atoms with Crippen molar-refractivity contribution in [3.05, 3.63) is 30.0 Å². The van der Waals surface area contributed by atoms with Crippen LogP contribution < -0.4 is 11.1 Å². The highest BCUT2D eigenvalue weighted by Crippen LogP contribution is 2.29. The lowest BCUT2D eigenvalue weighted by atomic mass is 10.1. The van der Waals surface area contributed by atoms with Crippen LogP contribution >= 0.6 is 0 Å². The number of urea groups is 1. The lowest BCUT2D eigenvalue weighted by Gasteiger charge is -2.27. The number of pyridine rings is 1. The van der Waals surface area contributed by atoms with Gasteiger partial charge in [-0.2, -0.15) is 0 Å². The highest BCUT2D eigenvalue weighted by atomic mass is 16.2. The summed E-state index contributed by atoms with van der Waals surface area (Å²) in [6.07, 6.45) is 5.12. The highest BCUT2D eigenvalue weighted by molar-refractivity contribution is 6.04. The van der Waals surface area contributed by atoms with Crippen LogP contribution in [0.3, 0.4) is 0 Å². The molecule has 21 heavy (non-hydrogen) atoms. The second-order valence-electron chi connectivity index (χ2n) is 5.54. The van der Waals surface area contributed by atoms with Crippen molar-refractivity contribution in [2.24, 2.45) is 0 Å². The van der Waals surface area contributed by atoms with Crippen molar-refractivity contribution in [3.63, 3.8) is 0 Å². The van der Waals surface area contributed by atoms with Gasteiger partial charge in [0.15, 0.2) is 0 Å². The van der Waals surface area contributed by atoms with Crippen molar-refractivity contribution in [2.45, 2.75) is 26.2 Å². The third-order valence-electron chi connectivity index (χ3n) is 3.99. The number of aromatic nitrogens is 1. The van der Waals surface area contributed by atoms with Gasteiger partial charge in [-0.1, -0.05) is 12.1 Å². The molecule has 1 aliphatic heterocycles. The Hall–Kier alpha value is -2.30. The number of likely N-dealkylation sites (tertiary alicyclic amines) is 1. The average Bonchev–Trinajstić information content (AvgIpc) is 2.51. The molecule has 3 N–H and O–H groups in total. The Morgan fingerprint density at radius 2 is 2.05 bits per heavy atom. The molecule has 2 aromatic rings. The lowest BCUT2D eigenvalue weighted by Crippen LogP contribution is -2.38. The molecule has 1 aromatic carbocycles. The number of amides is 2. The number of fused-ring (bicyclic) bond motifs is 1. The minimum Gasteiger partial charge on any atom is -0.397 e. The number of aryl methyl sites for hydroxylation is 1. The molecule has 0 aliphatic carbocycles. The Morgan fingerprint density at radius 3 is 2.81 bits per heavy atom. The molecule has 0 spiro atoms. The molecule has 0 atom stereocenters. The molecule has 1 fully saturated rings. The monoisotopic (exact) mass is 284 g/mol. The molecule has 1 aliphatic rings. The van der Waals surface area contributed by atoms with Gasteiger partial charge in [-0.25, -0.2) is 4.79 Å². The third kappa shape index (κ3) is 2.63. The van der Waals surface area contributed by atoms with Crippen molar-refractivity contribution in [3.8, 4) is 0 Å². The fourth-order valence-corrected chi connectivity index (χ4v) is 2.79. The smallest absolute Gasteiger partial charge is 0.321 e. The predicted molar refractivity (Wildman–Crippen MR) is 85.3 cm³/mol. The van der Waals surface area contributed by atoms with Crippen LogP contribution in [0, 0.1) is 6.92 Å². The number of carbonyl (C=O) groups excluding carboxylic acids is 1. The Kier molecular flexibility index (Phi) is 3.64. The largest absolute Gasteiger partial charge is 0.397 e. The molecule has 0 radical (unpaired) electrons. The van der Waals surface area contributed by atoms with Crippen LogP contribution in [0.1, 0.15) is 24.8 Å². The van der Waals surface area contributed by atoms with Crippen LogP contribution in [0.4, 0.5) is 16.2 Å². The quantitative estimate of drug-likeness (QED) is 0.790. The summed E-state index contributed by atoms with van der Waals surface area (Å²) in [7, 11) is 0. The standard InChI is InChI=1S/C16H20N4O/c1-11-10-18-15-12(6-5-7-13(15)17)14(11)19-16(21)20-8-3-2-4-9-20/h5-7,10H,2-4,8-9,17H2,1H3,(H,18,19,21). The van der Waals surface area contributed by atoms with Crippen LogP contribution in [0.15, 0.2) is 24.4 Å². The number of hydrogen-bond acceptors (Lipinski definition) is 3. The number of nitrogens with two attached hydrogens (primary N) is 1. The van der Waals surface area contributed by atoms with E-state index in [9.17, 15) is 4.79 Å². The van der Waals surface area contributed by atoms with E-state index in [0.717, 1.165) is 48.1 Å². The van der Waals surface area contributed by atoms with E-state index >= 15 is 0 Å². The number of piperidine rings is 1. The summed E-state index contributed by atoms with van der Waals surface area (Å²) in [6.45, 7) is 3.60. The Labute approximate surface area is 124 Å². The first-order chi connectivity index (χ1) is 10.2. The number of hydrogen-bond donors (Lipinski definition) is 2. The number of nitrogen functional groups attached to an aromatic ring is 1. The summed E-state index contributed by atoms with van der Waals surface area (Å²) >= 11 is 0. The SMILES string of the molecule is Cc1cnc2c(N)cccc2c1NC(=O)N1CCCCC1. The molecule has 3 rings (SSSR count). The molecule has 1 aromatic heterocycles. The second kappa shape index (κ2) is 5.60. The van der Waals surface area contributed by atoms with Crippen molar-refractivity contribution in [1.82, 2.24) is 9.88 Å². The number of carbonyl (C=O) groups is 1. The molecule has 0 bridgehead atoms. The second-order valence-corrected chi connectivity index (χ2v) is 5.54. The maximum Gasteiger partial charge on any atom is 0.321 e. The molecule has 2 amide bonds. The lowest BCUT2D eigenvalue weighted by molar-refractivity contribution is 0.200. The molecular weight excluding hydrogens is 264 g/mol. The number of para-hydroxylation sites is 1. The first-order valence-electron chi connectivity index (χ1n) is 7.36. The van der Waals surface area contributed by atoms with Crippen molar-refractivity contribution >= 4 is 28.3 Å². The first-order valence-corrected chi connectivity index (χ1v) is 7.36. The van der Waals surface area contributed by atoms with E-state index in [-0.39, 0.29) is 6.03 Å². The van der Waals surface area contributed by atoms with Gasteiger partial charge in [-0.3, -0.25) is 4.98 Å². The summed E-state index contributed by atoms with van der Waals surface area (Å²) in [4.78, 5) is 18.7. The highest BCUT2D eigenvalue weighted by Gasteiger charge is 2.18. The average molecular weight is 284 g/mol. The van der Waals surface area contributed by atoms with Crippen LogP contribution in [0.5, 0.6) is 0 Å². The van der Waals surface area contributed by atoms with Gasteiger partial charge in [-0.05, 0) is 37.8 Å². The molecule has 110 valence electrons. The minimum atomic E-state index is -0.0345. The van der Waals surface area contributed by atoms with Gasteiger partial charge in [0.1, 0.15) is 0 Å². The van der Waals surface area contributed by atoms with Crippen molar-refractivity contribution in [2.75, 3.05) is 24.1 Å². The van der Waals surface area contributed by atoms with Gasteiger partial charge in [-0.15, -0.1) is 0 Å². The van der Waals surface area contributed by atoms with Crippen LogP contribution in [-0.4, -0.2) is 29.0 Å². The van der Waals surface area contributed by atoms with E-state index in [1.165, 1.54) is 6.42 Å². The molecule has 0 saturated carbocycles. The zero-order valence-corrected chi connectivity index (χ0v) is 12.2. The maximum absolute atomic E-state index is 12.4. The topological polar surface area (TPSA) is 71.2 Å². The number of benzene rings is 1. The zero-order chi connectivity index (χ0) is 14.8. The predicted octanol–water partition coefficient (Wildman–Crippen LogP) is 3.14. The summed E-state index contributed by atoms with van der Waals surface area (Å²) in [5, 5.41) is 3.93. The Balaban J connectivity index is 1.94. The third-order valence-corrected chi connectivity index (χ3v) is 3.99. The molecular formula is C16H20N4O. The van der Waals surface area contributed by atoms with Gasteiger partial charge in [0.25, 0.3) is 0 Å². The van der Waals surface area contributed by atoms with Gasteiger partial charge < -0.3 is 16.0 Å². The maximum atomic E-state index is 12.4. The molecule has 5 nitrogen and oxygen atoms in total. The number of anilines is 2. The summed E-state index contributed by atoms with van der Waals surface area (Å²) in [5.74, 6) is 0. The van der Waals surface area contributed by atoms with Crippen LogP contribution in [-0.2, 0) is 0 Å². The fraction of sp³-hybridized carbons (Fsp3) is 0.375. The Bertz CT molecular complexity index is 677. The number of nitrogens with one attached hydrogen (secondary N) is 1. The van der Waals surface area contributed by atoms with Crippen LogP contribution in [0.2, 0.25) is 0 Å². The number of rotatable bonds is 1. The zero-order valence-electron chi connectivity index (χ0n) is 12.2. The van der Waals surface area contributed by atoms with E-state index in [4.69, 9.17) is 5.73 Å². The first kappa shape index (κ1) is 13.7. The molecule has 0 unspecified atom stereocenters. The van der Waals surface area contributed by atoms with Crippen LogP contribution in [0.25, 0.3) is 10.9 Å². The summed E-state index contributed by atoms with van der Waals surface area (Å²) in [5.41, 5.74) is 9.07. The van der Waals surface area contributed by atoms with E-state index in [1.807, 2.05) is 30.0 Å². The number of nitrogens with zero attached hydrogens (tertiary/aromatic N) is 2. The van der Waals surface area contributed by atoms with E-state index < -0.39 is 0 Å². The summed E-state index contributed by atoms with van der Waals surface area (Å²) < 4.78 is 0. The van der Waals surface area contributed by atoms with Crippen molar-refractivity contribution < 1.29 is 4.79 Å². The summed E-state index contributed by atoms with van der Waals surface area (Å²) in [6, 6.07) is 5.61. The van der Waals surface area contributed by atoms with Gasteiger partial charge in [0, 0.05) is 24.7 Å². The van der Waals surface area contributed by atoms with Gasteiger partial charge in [0.2, 0.25) is 0 Å². The fourth-order valence-electron chi connectivity index (χ4n) is 2.79. The normalized spacial score (nSPS) is 15.2. The Morgan fingerprint density at radius 1 is 1.29 bits per heavy atom. The molecule has 1 saturated heterocycles. The van der Waals surface area contributed by atoms with Gasteiger partial charge >= 0.3 is 6.03 Å². The van der Waals surface area contributed by atoms with Gasteiger partial charge in [0.05, 0.1) is 16.9 Å². The van der Waals surface area contributed by atoms with E-state index in [2.05, 4.69) is 10.3 Å². The van der Waals surface area contributed by atoms with E-state index in [1.54, 1.807) is 6.20 Å². The van der Waals surface area contributed by atoms with Crippen molar-refractivity contribution in [1.29, 1.82) is 0 Å². The van der Waals surface area contributed by atoms with E-state index in [0.29, 0.717) is 5.69 Å². The molecule has 2 heterocycles. The molecule has 5 heteroatoms. The minimum absolute atomic E-state index is 0.0345.